The summed E-state index contributed by atoms with van der Waals surface area (Å²) in [5.74, 6) is -0.274. The van der Waals surface area contributed by atoms with Crippen LogP contribution in [-0.2, 0) is 22.6 Å². The second-order valence-corrected chi connectivity index (χ2v) is 7.78. The Morgan fingerprint density at radius 1 is 1.21 bits per heavy atom. The van der Waals surface area contributed by atoms with Crippen LogP contribution in [0.1, 0.15) is 24.1 Å². The molecule has 0 radical (unpaired) electrons. The van der Waals surface area contributed by atoms with Crippen LogP contribution < -0.4 is 10.2 Å². The first-order chi connectivity index (χ1) is 14.1. The van der Waals surface area contributed by atoms with Gasteiger partial charge in [0.15, 0.2) is 0 Å². The highest BCUT2D eigenvalue weighted by molar-refractivity contribution is 7.13. The normalized spacial score (nSPS) is 13.7. The van der Waals surface area contributed by atoms with Gasteiger partial charge < -0.3 is 10.2 Å². The lowest BCUT2D eigenvalue weighted by molar-refractivity contribution is -0.120. The van der Waals surface area contributed by atoms with Gasteiger partial charge in [-0.15, -0.1) is 11.3 Å². The monoisotopic (exact) mass is 409 g/mol. The van der Waals surface area contributed by atoms with E-state index < -0.39 is 0 Å². The number of thiazole rings is 1. The quantitative estimate of drug-likeness (QED) is 0.671. The van der Waals surface area contributed by atoms with E-state index in [9.17, 15) is 14.0 Å². The molecule has 1 fully saturated rings. The lowest BCUT2D eigenvalue weighted by Gasteiger charge is -2.16. The molecule has 3 aromatic rings. The Kier molecular flexibility index (Phi) is 5.67. The van der Waals surface area contributed by atoms with E-state index in [2.05, 4.69) is 10.3 Å². The lowest BCUT2D eigenvalue weighted by atomic mass is 10.2. The van der Waals surface area contributed by atoms with Crippen LogP contribution in [0.25, 0.3) is 10.6 Å². The summed E-state index contributed by atoms with van der Waals surface area (Å²) < 4.78 is 13.4. The smallest absolute Gasteiger partial charge is 0.227 e. The average Bonchev–Trinajstić information content (AvgIpc) is 3.36. The number of amides is 2. The molecule has 1 saturated heterocycles. The Morgan fingerprint density at radius 3 is 2.76 bits per heavy atom. The van der Waals surface area contributed by atoms with E-state index in [1.807, 2.05) is 29.6 Å². The standard InChI is InChI=1S/C22H20FN3O2S/c23-17-4-1-3-16(11-17)22-25-18(14-29-22)12-20(27)24-13-15-6-8-19(9-7-15)26-10-2-5-21(26)28/h1,3-4,6-9,11,14H,2,5,10,12-13H2,(H,24,27). The van der Waals surface area contributed by atoms with E-state index in [-0.39, 0.29) is 24.1 Å². The topological polar surface area (TPSA) is 62.3 Å². The fourth-order valence-electron chi connectivity index (χ4n) is 3.28. The first kappa shape index (κ1) is 19.3. The molecular formula is C22H20FN3O2S. The number of hydrogen-bond acceptors (Lipinski definition) is 4. The molecule has 2 heterocycles. The van der Waals surface area contributed by atoms with Crippen molar-refractivity contribution in [1.29, 1.82) is 0 Å². The van der Waals surface area contributed by atoms with Crippen LogP contribution in [-0.4, -0.2) is 23.3 Å². The summed E-state index contributed by atoms with van der Waals surface area (Å²) in [7, 11) is 0. The van der Waals surface area contributed by atoms with Gasteiger partial charge in [0, 0.05) is 36.1 Å². The highest BCUT2D eigenvalue weighted by Gasteiger charge is 2.21. The number of halogens is 1. The molecule has 0 bridgehead atoms. The van der Waals surface area contributed by atoms with Gasteiger partial charge in [-0.05, 0) is 36.2 Å². The van der Waals surface area contributed by atoms with E-state index in [4.69, 9.17) is 0 Å². The van der Waals surface area contributed by atoms with Gasteiger partial charge in [-0.1, -0.05) is 24.3 Å². The van der Waals surface area contributed by atoms with Crippen molar-refractivity contribution in [3.63, 3.8) is 0 Å². The second kappa shape index (κ2) is 8.53. The molecular weight excluding hydrogens is 389 g/mol. The van der Waals surface area contributed by atoms with Crippen molar-refractivity contribution in [2.45, 2.75) is 25.8 Å². The first-order valence-electron chi connectivity index (χ1n) is 9.45. The van der Waals surface area contributed by atoms with Gasteiger partial charge in [0.1, 0.15) is 10.8 Å². The number of anilines is 1. The summed E-state index contributed by atoms with van der Waals surface area (Å²) >= 11 is 1.39. The van der Waals surface area contributed by atoms with Crippen molar-refractivity contribution in [2.24, 2.45) is 0 Å². The molecule has 2 amide bonds. The molecule has 4 rings (SSSR count). The van der Waals surface area contributed by atoms with Gasteiger partial charge in [-0.2, -0.15) is 0 Å². The van der Waals surface area contributed by atoms with Gasteiger partial charge in [0.2, 0.25) is 11.8 Å². The summed E-state index contributed by atoms with van der Waals surface area (Å²) in [6.45, 7) is 1.17. The highest BCUT2D eigenvalue weighted by Crippen LogP contribution is 2.24. The summed E-state index contributed by atoms with van der Waals surface area (Å²) in [4.78, 5) is 30.3. The maximum atomic E-state index is 13.4. The number of rotatable bonds is 6. The van der Waals surface area contributed by atoms with Crippen molar-refractivity contribution in [3.8, 4) is 10.6 Å². The molecule has 1 aliphatic rings. The van der Waals surface area contributed by atoms with E-state index in [0.29, 0.717) is 29.2 Å². The number of benzene rings is 2. The van der Waals surface area contributed by atoms with Crippen LogP contribution in [0.4, 0.5) is 10.1 Å². The molecule has 0 aliphatic carbocycles. The van der Waals surface area contributed by atoms with Gasteiger partial charge >= 0.3 is 0 Å². The van der Waals surface area contributed by atoms with Crippen LogP contribution in [0.5, 0.6) is 0 Å². The Balaban J connectivity index is 1.31. The summed E-state index contributed by atoms with van der Waals surface area (Å²) in [6.07, 6.45) is 1.68. The molecule has 29 heavy (non-hydrogen) atoms. The highest BCUT2D eigenvalue weighted by atomic mass is 32.1. The van der Waals surface area contributed by atoms with Crippen molar-refractivity contribution in [1.82, 2.24) is 10.3 Å². The summed E-state index contributed by atoms with van der Waals surface area (Å²) in [5.41, 5.74) is 3.23. The number of carbonyl (C=O) groups excluding carboxylic acids is 2. The van der Waals surface area contributed by atoms with Crippen LogP contribution in [0.2, 0.25) is 0 Å². The van der Waals surface area contributed by atoms with Gasteiger partial charge in [-0.3, -0.25) is 9.59 Å². The molecule has 0 unspecified atom stereocenters. The van der Waals surface area contributed by atoms with Crippen molar-refractivity contribution in [2.75, 3.05) is 11.4 Å². The molecule has 1 aromatic heterocycles. The second-order valence-electron chi connectivity index (χ2n) is 6.92. The van der Waals surface area contributed by atoms with Crippen LogP contribution >= 0.6 is 11.3 Å². The van der Waals surface area contributed by atoms with Crippen molar-refractivity contribution < 1.29 is 14.0 Å². The zero-order valence-electron chi connectivity index (χ0n) is 15.7. The van der Waals surface area contributed by atoms with Crippen molar-refractivity contribution in [3.05, 3.63) is 71.0 Å². The van der Waals surface area contributed by atoms with E-state index >= 15 is 0 Å². The third-order valence-corrected chi connectivity index (χ3v) is 5.72. The molecule has 148 valence electrons. The molecule has 2 aromatic carbocycles. The predicted molar refractivity (Wildman–Crippen MR) is 111 cm³/mol. The zero-order chi connectivity index (χ0) is 20.2. The number of carbonyl (C=O) groups is 2. The summed E-state index contributed by atoms with van der Waals surface area (Å²) in [6, 6.07) is 13.9. The Hall–Kier alpha value is -3.06. The van der Waals surface area contributed by atoms with Crippen LogP contribution in [0, 0.1) is 5.82 Å². The predicted octanol–water partition coefficient (Wildman–Crippen LogP) is 3.93. The maximum absolute atomic E-state index is 13.4. The fourth-order valence-corrected chi connectivity index (χ4v) is 4.10. The molecule has 1 N–H and O–H groups in total. The van der Waals surface area contributed by atoms with E-state index in [1.165, 1.54) is 23.5 Å². The van der Waals surface area contributed by atoms with E-state index in [0.717, 1.165) is 24.2 Å². The largest absolute Gasteiger partial charge is 0.352 e. The maximum Gasteiger partial charge on any atom is 0.227 e. The number of aromatic nitrogens is 1. The number of hydrogen-bond donors (Lipinski definition) is 1. The minimum atomic E-state index is -0.308. The van der Waals surface area contributed by atoms with Gasteiger partial charge in [-0.25, -0.2) is 9.37 Å². The molecule has 7 heteroatoms. The Labute approximate surface area is 172 Å². The third kappa shape index (κ3) is 4.68. The SMILES string of the molecule is O=C(Cc1csc(-c2cccc(F)c2)n1)NCc1ccc(N2CCCC2=O)cc1. The Morgan fingerprint density at radius 2 is 2.03 bits per heavy atom. The lowest BCUT2D eigenvalue weighted by Crippen LogP contribution is -2.25. The minimum Gasteiger partial charge on any atom is -0.352 e. The van der Waals surface area contributed by atoms with E-state index in [1.54, 1.807) is 17.0 Å². The third-order valence-electron chi connectivity index (χ3n) is 4.78. The fraction of sp³-hybridized carbons (Fsp3) is 0.227. The van der Waals surface area contributed by atoms with Crippen molar-refractivity contribution >= 4 is 28.8 Å². The Bertz CT molecular complexity index is 1030. The molecule has 0 atom stereocenters. The summed E-state index contributed by atoms with van der Waals surface area (Å²) in [5, 5.41) is 5.40. The zero-order valence-corrected chi connectivity index (χ0v) is 16.5. The van der Waals surface area contributed by atoms with Gasteiger partial charge in [0.05, 0.1) is 12.1 Å². The first-order valence-corrected chi connectivity index (χ1v) is 10.3. The van der Waals surface area contributed by atoms with Gasteiger partial charge in [0.25, 0.3) is 0 Å². The molecule has 5 nitrogen and oxygen atoms in total. The molecule has 0 saturated carbocycles. The van der Waals surface area contributed by atoms with Crippen LogP contribution in [0.15, 0.2) is 53.9 Å². The molecule has 1 aliphatic heterocycles. The average molecular weight is 409 g/mol. The van der Waals surface area contributed by atoms with Crippen LogP contribution in [0.3, 0.4) is 0 Å². The number of nitrogens with one attached hydrogen (secondary N) is 1. The minimum absolute atomic E-state index is 0.125. The number of nitrogens with zero attached hydrogens (tertiary/aromatic N) is 2. The molecule has 0 spiro atoms.